The highest BCUT2D eigenvalue weighted by atomic mass is 28.5. The van der Waals surface area contributed by atoms with Crippen molar-refractivity contribution in [3.8, 4) is 0 Å². The molecule has 0 aliphatic heterocycles. The second-order valence-corrected chi connectivity index (χ2v) is 29.7. The van der Waals surface area contributed by atoms with E-state index in [-0.39, 0.29) is 20.7 Å². The van der Waals surface area contributed by atoms with Gasteiger partial charge in [0.15, 0.2) is 0 Å². The van der Waals surface area contributed by atoms with Gasteiger partial charge in [0, 0.05) is 106 Å². The van der Waals surface area contributed by atoms with Crippen LogP contribution < -0.4 is 0 Å². The lowest BCUT2D eigenvalue weighted by Gasteiger charge is -2.58. The van der Waals surface area contributed by atoms with Crippen molar-refractivity contribution in [2.45, 2.75) is 48.4 Å². The van der Waals surface area contributed by atoms with Crippen LogP contribution in [0.15, 0.2) is 0 Å². The lowest BCUT2D eigenvalue weighted by molar-refractivity contribution is 0.106. The molecule has 0 aliphatic carbocycles. The summed E-state index contributed by atoms with van der Waals surface area (Å²) >= 11 is 0. The minimum absolute atomic E-state index is 0.313. The van der Waals surface area contributed by atoms with Gasteiger partial charge >= 0.3 is 35.2 Å². The molecular formula is C20H52O12Si5. The van der Waals surface area contributed by atoms with Crippen molar-refractivity contribution in [1.82, 2.24) is 0 Å². The van der Waals surface area contributed by atoms with E-state index in [4.69, 9.17) is 53.1 Å². The number of hydrogen-bond acceptors (Lipinski definition) is 12. The average Bonchev–Trinajstić information content (AvgIpc) is 2.94. The second kappa shape index (κ2) is 15.6. The van der Waals surface area contributed by atoms with Gasteiger partial charge in [-0.05, 0) is 0 Å². The van der Waals surface area contributed by atoms with Crippen LogP contribution in [0.2, 0.25) is 20.7 Å². The fraction of sp³-hybridized carbons (Fsp3) is 1.00. The summed E-state index contributed by atoms with van der Waals surface area (Å²) in [5, 5.41) is -1.25. The summed E-state index contributed by atoms with van der Waals surface area (Å²) in [6.07, 6.45) is 0. The zero-order valence-corrected chi connectivity index (χ0v) is 30.7. The third kappa shape index (κ3) is 6.12. The highest BCUT2D eigenvalue weighted by molar-refractivity contribution is 7.11. The van der Waals surface area contributed by atoms with Gasteiger partial charge < -0.3 is 53.1 Å². The molecule has 0 aromatic heterocycles. The number of hydrogen-bond donors (Lipinski definition) is 0. The Kier molecular flexibility index (Phi) is 15.8. The molecule has 0 spiro atoms. The first-order valence-electron chi connectivity index (χ1n) is 12.0. The molecule has 17 heteroatoms. The zero-order chi connectivity index (χ0) is 29.3. The van der Waals surface area contributed by atoms with E-state index in [1.165, 1.54) is 0 Å². The summed E-state index contributed by atoms with van der Waals surface area (Å²) in [4.78, 5) is 0. The molecule has 4 atom stereocenters. The summed E-state index contributed by atoms with van der Waals surface area (Å²) in [7, 11) is 2.49. The normalized spacial score (nSPS) is 18.8. The van der Waals surface area contributed by atoms with E-state index in [0.717, 1.165) is 0 Å². The van der Waals surface area contributed by atoms with Crippen molar-refractivity contribution in [2.24, 2.45) is 0 Å². The molecule has 0 aromatic rings. The maximum absolute atomic E-state index is 6.10. The molecule has 0 heterocycles. The van der Waals surface area contributed by atoms with Crippen LogP contribution in [0.3, 0.4) is 0 Å². The van der Waals surface area contributed by atoms with Crippen molar-refractivity contribution in [3.05, 3.63) is 0 Å². The van der Waals surface area contributed by atoms with Crippen molar-refractivity contribution < 1.29 is 53.1 Å². The largest absolute Gasteiger partial charge is 0.500 e. The first-order valence-corrected chi connectivity index (χ1v) is 21.5. The van der Waals surface area contributed by atoms with Gasteiger partial charge in [0.05, 0.1) is 8.07 Å². The first kappa shape index (κ1) is 37.6. The molecule has 224 valence electrons. The van der Waals surface area contributed by atoms with Gasteiger partial charge in [0.2, 0.25) is 0 Å². The van der Waals surface area contributed by atoms with Crippen molar-refractivity contribution >= 4 is 43.3 Å². The maximum atomic E-state index is 6.10. The SMILES string of the molecule is CO[Si](OC)(OC)C(C)[Si](C(C)[Si](OC)(OC)OC)(C(C)[Si](OC)(OC)OC)C(C)[Si](OC)(OC)OC. The Morgan fingerprint density at radius 3 is 0.459 bits per heavy atom. The van der Waals surface area contributed by atoms with E-state index >= 15 is 0 Å². The molecular weight excluding hydrogens is 573 g/mol. The molecule has 0 radical (unpaired) electrons. The third-order valence-electron chi connectivity index (χ3n) is 8.54. The molecule has 37 heavy (non-hydrogen) atoms. The molecule has 0 amide bonds. The second-order valence-electron chi connectivity index (χ2n) is 8.75. The summed E-state index contributed by atoms with van der Waals surface area (Å²) in [6, 6.07) is 0. The van der Waals surface area contributed by atoms with Gasteiger partial charge in [-0.3, -0.25) is 0 Å². The molecule has 0 saturated heterocycles. The Hall–Kier alpha value is 0.604. The van der Waals surface area contributed by atoms with Crippen LogP contribution in [-0.2, 0) is 53.1 Å². The predicted octanol–water partition coefficient (Wildman–Crippen LogP) is 2.66. The molecule has 0 saturated carbocycles. The Morgan fingerprint density at radius 2 is 0.378 bits per heavy atom. The Labute approximate surface area is 229 Å². The fourth-order valence-corrected chi connectivity index (χ4v) is 43.4. The molecule has 0 N–H and O–H groups in total. The Morgan fingerprint density at radius 1 is 0.270 bits per heavy atom. The van der Waals surface area contributed by atoms with E-state index in [1.54, 1.807) is 85.3 Å². The van der Waals surface area contributed by atoms with E-state index in [9.17, 15) is 0 Å². The Balaban J connectivity index is 8.26. The Bertz CT molecular complexity index is 505. The lowest BCUT2D eigenvalue weighted by Crippen LogP contribution is -2.75. The lowest BCUT2D eigenvalue weighted by atomic mass is 10.9. The topological polar surface area (TPSA) is 111 Å². The molecule has 0 aliphatic rings. The van der Waals surface area contributed by atoms with Crippen LogP contribution in [0.25, 0.3) is 0 Å². The average molecular weight is 625 g/mol. The highest BCUT2D eigenvalue weighted by Crippen LogP contribution is 2.60. The van der Waals surface area contributed by atoms with Gasteiger partial charge in [-0.25, -0.2) is 0 Å². The minimum atomic E-state index is -3.37. The van der Waals surface area contributed by atoms with E-state index in [1.807, 2.05) is 0 Å². The van der Waals surface area contributed by atoms with E-state index in [2.05, 4.69) is 27.7 Å². The van der Waals surface area contributed by atoms with Gasteiger partial charge in [-0.1, -0.05) is 27.7 Å². The smallest absolute Gasteiger partial charge is 0.377 e. The van der Waals surface area contributed by atoms with Gasteiger partial charge in [0.1, 0.15) is 0 Å². The molecule has 0 bridgehead atoms. The van der Waals surface area contributed by atoms with Crippen LogP contribution in [-0.4, -0.2) is 129 Å². The van der Waals surface area contributed by atoms with Gasteiger partial charge in [-0.2, -0.15) is 0 Å². The fourth-order valence-electron chi connectivity index (χ4n) is 6.60. The molecule has 12 nitrogen and oxygen atoms in total. The maximum Gasteiger partial charge on any atom is 0.500 e. The standard InChI is InChI=1S/C20H52O12Si5/c1-17(34(21-5,22-6)23-7)33(18(2)35(24-8,25-9)26-10,19(3)36(27-11,28-12)29-13)20(4)37(30-14,31-15)32-16/h17-20H,1-16H3. The third-order valence-corrected chi connectivity index (χ3v) is 35.8. The van der Waals surface area contributed by atoms with Crippen LogP contribution in [0.5, 0.6) is 0 Å². The highest BCUT2D eigenvalue weighted by Gasteiger charge is 2.76. The first-order chi connectivity index (χ1) is 17.3. The van der Waals surface area contributed by atoms with Gasteiger partial charge in [-0.15, -0.1) is 0 Å². The summed E-state index contributed by atoms with van der Waals surface area (Å²) < 4.78 is 73.2. The predicted molar refractivity (Wildman–Crippen MR) is 151 cm³/mol. The quantitative estimate of drug-likeness (QED) is 0.186. The van der Waals surface area contributed by atoms with Crippen LogP contribution in [0, 0.1) is 0 Å². The molecule has 0 fully saturated rings. The monoisotopic (exact) mass is 624 g/mol. The molecule has 0 rings (SSSR count). The van der Waals surface area contributed by atoms with Gasteiger partial charge in [0.25, 0.3) is 0 Å². The zero-order valence-electron chi connectivity index (χ0n) is 25.7. The summed E-state index contributed by atoms with van der Waals surface area (Å²) in [5.74, 6) is 0. The minimum Gasteiger partial charge on any atom is -0.377 e. The van der Waals surface area contributed by atoms with Crippen molar-refractivity contribution in [2.75, 3.05) is 85.3 Å². The van der Waals surface area contributed by atoms with E-state index in [0.29, 0.717) is 0 Å². The van der Waals surface area contributed by atoms with E-state index < -0.39 is 43.3 Å². The molecule has 4 unspecified atom stereocenters. The van der Waals surface area contributed by atoms with Crippen molar-refractivity contribution in [3.63, 3.8) is 0 Å². The number of rotatable bonds is 20. The summed E-state index contributed by atoms with van der Waals surface area (Å²) in [6.45, 7) is 8.33. The van der Waals surface area contributed by atoms with Crippen LogP contribution in [0.4, 0.5) is 0 Å². The molecule has 0 aromatic carbocycles. The van der Waals surface area contributed by atoms with Crippen LogP contribution in [0.1, 0.15) is 27.7 Å². The van der Waals surface area contributed by atoms with Crippen molar-refractivity contribution in [1.29, 1.82) is 0 Å². The van der Waals surface area contributed by atoms with Crippen LogP contribution >= 0.6 is 0 Å². The summed E-state index contributed by atoms with van der Waals surface area (Å²) in [5.41, 5.74) is 0.